The largest absolute Gasteiger partial charge is 0.508 e. The third-order valence-electron chi connectivity index (χ3n) is 4.70. The summed E-state index contributed by atoms with van der Waals surface area (Å²) in [5, 5.41) is 12.3. The number of benzene rings is 3. The first-order chi connectivity index (χ1) is 14.8. The van der Waals surface area contributed by atoms with Gasteiger partial charge in [0.25, 0.3) is 10.0 Å². The summed E-state index contributed by atoms with van der Waals surface area (Å²) in [4.78, 5) is 12.8. The zero-order valence-electron chi connectivity index (χ0n) is 17.3. The fourth-order valence-electron chi connectivity index (χ4n) is 3.15. The lowest BCUT2D eigenvalue weighted by atomic mass is 10.2. The Balaban J connectivity index is 1.93. The van der Waals surface area contributed by atoms with Crippen molar-refractivity contribution in [3.8, 4) is 11.5 Å². The first-order valence-corrected chi connectivity index (χ1v) is 11.0. The van der Waals surface area contributed by atoms with Crippen LogP contribution >= 0.6 is 0 Å². The maximum atomic E-state index is 13.5. The minimum absolute atomic E-state index is 0.0875. The van der Waals surface area contributed by atoms with E-state index in [1.807, 2.05) is 0 Å². The van der Waals surface area contributed by atoms with Gasteiger partial charge in [-0.2, -0.15) is 0 Å². The van der Waals surface area contributed by atoms with E-state index < -0.39 is 22.5 Å². The summed E-state index contributed by atoms with van der Waals surface area (Å²) in [5.41, 5.74) is 1.53. The fourth-order valence-corrected chi connectivity index (χ4v) is 4.81. The number of carbonyl (C=O) groups is 1. The lowest BCUT2D eigenvalue weighted by molar-refractivity contribution is -0.119. The molecule has 0 heterocycles. The highest BCUT2D eigenvalue weighted by atomic mass is 32.2. The van der Waals surface area contributed by atoms with Gasteiger partial charge in [0.15, 0.2) is 0 Å². The summed E-state index contributed by atoms with van der Waals surface area (Å²) in [5.74, 6) is -0.0728. The third kappa shape index (κ3) is 5.16. The topological polar surface area (TPSA) is 95.9 Å². The van der Waals surface area contributed by atoms with Crippen molar-refractivity contribution < 1.29 is 23.1 Å². The summed E-state index contributed by atoms with van der Waals surface area (Å²) < 4.78 is 33.5. The number of aryl methyl sites for hydroxylation is 1. The van der Waals surface area contributed by atoms with Gasteiger partial charge in [0.05, 0.1) is 17.7 Å². The Morgan fingerprint density at radius 2 is 1.74 bits per heavy atom. The first kappa shape index (κ1) is 22.2. The van der Waals surface area contributed by atoms with Crippen molar-refractivity contribution >= 4 is 21.6 Å². The zero-order valence-corrected chi connectivity index (χ0v) is 18.1. The van der Waals surface area contributed by atoms with Gasteiger partial charge in [-0.25, -0.2) is 8.42 Å². The van der Waals surface area contributed by atoms with E-state index in [9.17, 15) is 18.3 Å². The zero-order chi connectivity index (χ0) is 22.4. The van der Waals surface area contributed by atoms with Crippen LogP contribution in [0.3, 0.4) is 0 Å². The molecule has 0 unspecified atom stereocenters. The van der Waals surface area contributed by atoms with Gasteiger partial charge in [-0.15, -0.1) is 0 Å². The van der Waals surface area contributed by atoms with Crippen molar-refractivity contribution in [3.63, 3.8) is 0 Å². The molecule has 0 aromatic heterocycles. The molecule has 3 aromatic carbocycles. The maximum Gasteiger partial charge on any atom is 0.265 e. The number of para-hydroxylation sites is 2. The van der Waals surface area contributed by atoms with Gasteiger partial charge in [-0.05, 0) is 48.4 Å². The van der Waals surface area contributed by atoms with Gasteiger partial charge in [-0.1, -0.05) is 42.5 Å². The number of carbonyl (C=O) groups excluding carboxylic acids is 1. The van der Waals surface area contributed by atoms with Crippen LogP contribution in [0, 0.1) is 6.92 Å². The number of hydrogen-bond acceptors (Lipinski definition) is 5. The predicted octanol–water partition coefficient (Wildman–Crippen LogP) is 3.22. The second kappa shape index (κ2) is 9.53. The van der Waals surface area contributed by atoms with Gasteiger partial charge in [0, 0.05) is 6.54 Å². The average Bonchev–Trinajstić information content (AvgIpc) is 2.76. The van der Waals surface area contributed by atoms with Crippen LogP contribution in [-0.2, 0) is 21.4 Å². The van der Waals surface area contributed by atoms with Gasteiger partial charge < -0.3 is 15.2 Å². The molecule has 8 heteroatoms. The van der Waals surface area contributed by atoms with E-state index in [0.29, 0.717) is 16.9 Å². The molecule has 0 aliphatic heterocycles. The molecule has 1 amide bonds. The number of nitrogens with one attached hydrogen (secondary N) is 1. The Morgan fingerprint density at radius 3 is 2.45 bits per heavy atom. The normalized spacial score (nSPS) is 11.0. The number of ether oxygens (including phenoxy) is 1. The number of aromatic hydroxyl groups is 1. The molecule has 0 atom stereocenters. The number of sulfonamides is 1. The highest BCUT2D eigenvalue weighted by Gasteiger charge is 2.30. The molecule has 0 saturated heterocycles. The molecule has 31 heavy (non-hydrogen) atoms. The molecule has 162 valence electrons. The minimum atomic E-state index is -4.05. The molecule has 0 aliphatic carbocycles. The quantitative estimate of drug-likeness (QED) is 0.561. The Morgan fingerprint density at radius 1 is 1.03 bits per heavy atom. The molecule has 0 fully saturated rings. The Bertz CT molecular complexity index is 1180. The van der Waals surface area contributed by atoms with Crippen molar-refractivity contribution in [3.05, 3.63) is 83.9 Å². The van der Waals surface area contributed by atoms with Gasteiger partial charge in [-0.3, -0.25) is 9.10 Å². The van der Waals surface area contributed by atoms with E-state index in [2.05, 4.69) is 5.32 Å². The van der Waals surface area contributed by atoms with E-state index in [4.69, 9.17) is 4.74 Å². The molecule has 2 N–H and O–H groups in total. The Kier molecular flexibility index (Phi) is 6.81. The van der Waals surface area contributed by atoms with Crippen LogP contribution in [0.5, 0.6) is 11.5 Å². The van der Waals surface area contributed by atoms with Crippen molar-refractivity contribution in [2.24, 2.45) is 0 Å². The number of amides is 1. The predicted molar refractivity (Wildman–Crippen MR) is 119 cm³/mol. The van der Waals surface area contributed by atoms with E-state index in [1.54, 1.807) is 61.5 Å². The summed E-state index contributed by atoms with van der Waals surface area (Å²) in [7, 11) is -2.61. The summed E-state index contributed by atoms with van der Waals surface area (Å²) >= 11 is 0. The van der Waals surface area contributed by atoms with E-state index in [1.165, 1.54) is 25.3 Å². The molecule has 3 aromatic rings. The number of nitrogens with zero attached hydrogens (tertiary/aromatic N) is 1. The second-order valence-corrected chi connectivity index (χ2v) is 8.73. The van der Waals surface area contributed by atoms with Crippen LogP contribution in [-0.4, -0.2) is 33.1 Å². The standard InChI is InChI=1S/C23H24N2O5S/c1-17-8-3-6-13-22(17)31(28,29)25(20-11-4-5-12-21(20)30-2)16-23(27)24-15-18-9-7-10-19(26)14-18/h3-14,26H,15-16H2,1-2H3,(H,24,27). The minimum Gasteiger partial charge on any atom is -0.508 e. The van der Waals surface area contributed by atoms with Crippen molar-refractivity contribution in [1.82, 2.24) is 5.32 Å². The van der Waals surface area contributed by atoms with Crippen molar-refractivity contribution in [2.45, 2.75) is 18.4 Å². The summed E-state index contributed by atoms with van der Waals surface area (Å²) in [6, 6.07) is 19.7. The van der Waals surface area contributed by atoms with Crippen LogP contribution < -0.4 is 14.4 Å². The first-order valence-electron chi connectivity index (χ1n) is 9.59. The van der Waals surface area contributed by atoms with Crippen molar-refractivity contribution in [2.75, 3.05) is 18.0 Å². The summed E-state index contributed by atoms with van der Waals surface area (Å²) in [6.07, 6.45) is 0. The highest BCUT2D eigenvalue weighted by Crippen LogP contribution is 2.32. The number of anilines is 1. The molecule has 0 radical (unpaired) electrons. The average molecular weight is 441 g/mol. The molecular formula is C23H24N2O5S. The monoisotopic (exact) mass is 440 g/mol. The van der Waals surface area contributed by atoms with Gasteiger partial charge >= 0.3 is 0 Å². The number of phenols is 1. The Hall–Kier alpha value is -3.52. The highest BCUT2D eigenvalue weighted by molar-refractivity contribution is 7.93. The number of methoxy groups -OCH3 is 1. The Labute approximate surface area is 182 Å². The van der Waals surface area contributed by atoms with E-state index >= 15 is 0 Å². The number of phenolic OH excluding ortho intramolecular Hbond substituents is 1. The maximum absolute atomic E-state index is 13.5. The van der Waals surface area contributed by atoms with E-state index in [0.717, 1.165) is 4.31 Å². The molecule has 0 aliphatic rings. The molecular weight excluding hydrogens is 416 g/mol. The molecule has 0 bridgehead atoms. The van der Waals surface area contributed by atoms with Crippen LogP contribution in [0.2, 0.25) is 0 Å². The molecule has 3 rings (SSSR count). The van der Waals surface area contributed by atoms with E-state index in [-0.39, 0.29) is 22.9 Å². The summed E-state index contributed by atoms with van der Waals surface area (Å²) in [6.45, 7) is 1.42. The van der Waals surface area contributed by atoms with Crippen molar-refractivity contribution in [1.29, 1.82) is 0 Å². The molecule has 0 spiro atoms. The third-order valence-corrected chi connectivity index (χ3v) is 6.62. The molecule has 0 saturated carbocycles. The van der Waals surface area contributed by atoms with Crippen LogP contribution in [0.25, 0.3) is 0 Å². The van der Waals surface area contributed by atoms with Gasteiger partial charge in [0.1, 0.15) is 18.0 Å². The van der Waals surface area contributed by atoms with Crippen LogP contribution in [0.1, 0.15) is 11.1 Å². The SMILES string of the molecule is COc1ccccc1N(CC(=O)NCc1cccc(O)c1)S(=O)(=O)c1ccccc1C. The lowest BCUT2D eigenvalue weighted by Crippen LogP contribution is -2.41. The van der Waals surface area contributed by atoms with Gasteiger partial charge in [0.2, 0.25) is 5.91 Å². The molecule has 7 nitrogen and oxygen atoms in total. The number of hydrogen-bond donors (Lipinski definition) is 2. The lowest BCUT2D eigenvalue weighted by Gasteiger charge is -2.26. The van der Waals surface area contributed by atoms with Crippen LogP contribution in [0.4, 0.5) is 5.69 Å². The smallest absolute Gasteiger partial charge is 0.265 e. The second-order valence-electron chi connectivity index (χ2n) is 6.90. The number of rotatable bonds is 8. The van der Waals surface area contributed by atoms with Crippen LogP contribution in [0.15, 0.2) is 77.7 Å². The fraction of sp³-hybridized carbons (Fsp3) is 0.174.